The fourth-order valence-corrected chi connectivity index (χ4v) is 2.57. The summed E-state index contributed by atoms with van der Waals surface area (Å²) in [5, 5.41) is 0. The van der Waals surface area contributed by atoms with Gasteiger partial charge in [0.1, 0.15) is 12.4 Å². The minimum Gasteiger partial charge on any atom is -0.492 e. The van der Waals surface area contributed by atoms with Crippen LogP contribution in [0.1, 0.15) is 31.7 Å². The molecule has 4 nitrogen and oxygen atoms in total. The van der Waals surface area contributed by atoms with Crippen molar-refractivity contribution in [3.05, 3.63) is 72.2 Å². The Balaban J connectivity index is 2.12. The molecule has 0 saturated carbocycles. The second kappa shape index (κ2) is 9.60. The molecule has 0 bridgehead atoms. The largest absolute Gasteiger partial charge is 0.492 e. The van der Waals surface area contributed by atoms with Gasteiger partial charge in [0, 0.05) is 6.54 Å². The van der Waals surface area contributed by atoms with Crippen molar-refractivity contribution in [3.8, 4) is 0 Å². The number of carbonyl (C=O) groups is 1. The molecule has 0 unspecified atom stereocenters. The SMILES string of the molecule is C=C/C=C(/OCC)C1=CCCCCN1C(=O)OCc1ccccc1. The van der Waals surface area contributed by atoms with Gasteiger partial charge in [0.25, 0.3) is 0 Å². The lowest BCUT2D eigenvalue weighted by molar-refractivity contribution is 0.103. The first-order valence-corrected chi connectivity index (χ1v) is 8.40. The molecule has 0 saturated heterocycles. The van der Waals surface area contributed by atoms with Gasteiger partial charge in [-0.25, -0.2) is 4.79 Å². The Kier molecular flexibility index (Phi) is 7.15. The Labute approximate surface area is 144 Å². The van der Waals surface area contributed by atoms with Crippen LogP contribution in [0.3, 0.4) is 0 Å². The summed E-state index contributed by atoms with van der Waals surface area (Å²) in [7, 11) is 0. The molecular weight excluding hydrogens is 302 g/mol. The molecule has 1 aliphatic rings. The Morgan fingerprint density at radius 2 is 2.04 bits per heavy atom. The van der Waals surface area contributed by atoms with Crippen molar-refractivity contribution in [1.82, 2.24) is 4.90 Å². The number of carbonyl (C=O) groups excluding carboxylic acids is 1. The van der Waals surface area contributed by atoms with Gasteiger partial charge >= 0.3 is 6.09 Å². The van der Waals surface area contributed by atoms with Crippen molar-refractivity contribution >= 4 is 6.09 Å². The molecule has 2 rings (SSSR count). The lowest BCUT2D eigenvalue weighted by Gasteiger charge is -2.25. The zero-order chi connectivity index (χ0) is 17.2. The van der Waals surface area contributed by atoms with Crippen LogP contribution in [0.2, 0.25) is 0 Å². The van der Waals surface area contributed by atoms with Crippen LogP contribution >= 0.6 is 0 Å². The lowest BCUT2D eigenvalue weighted by atomic mass is 10.2. The molecule has 0 N–H and O–H groups in total. The van der Waals surface area contributed by atoms with Crippen LogP contribution in [0.15, 0.2) is 66.6 Å². The summed E-state index contributed by atoms with van der Waals surface area (Å²) in [6.07, 6.45) is 8.05. The van der Waals surface area contributed by atoms with Gasteiger partial charge in [0.05, 0.1) is 12.3 Å². The van der Waals surface area contributed by atoms with E-state index in [0.29, 0.717) is 18.9 Å². The summed E-state index contributed by atoms with van der Waals surface area (Å²) < 4.78 is 11.2. The van der Waals surface area contributed by atoms with Gasteiger partial charge in [-0.2, -0.15) is 0 Å². The second-order valence-electron chi connectivity index (χ2n) is 5.48. The zero-order valence-corrected chi connectivity index (χ0v) is 14.2. The normalized spacial score (nSPS) is 15.3. The minimum atomic E-state index is -0.346. The molecule has 1 amide bonds. The third-order valence-corrected chi connectivity index (χ3v) is 3.71. The average Bonchev–Trinajstić information content (AvgIpc) is 2.86. The number of rotatable bonds is 6. The van der Waals surface area contributed by atoms with Crippen LogP contribution in [0, 0.1) is 0 Å². The molecule has 0 spiro atoms. The standard InChI is InChI=1S/C20H25NO3/c1-3-11-19(23-4-2)18-14-9-6-10-15-21(18)20(22)24-16-17-12-7-5-8-13-17/h3,5,7-8,11-14H,1,4,6,9-10,15-16H2,2H3/b19-11+. The first-order chi connectivity index (χ1) is 11.8. The van der Waals surface area contributed by atoms with Crippen LogP contribution in [0.5, 0.6) is 0 Å². The smallest absolute Gasteiger partial charge is 0.414 e. The molecule has 1 heterocycles. The van der Waals surface area contributed by atoms with E-state index in [0.717, 1.165) is 30.5 Å². The maximum atomic E-state index is 12.6. The van der Waals surface area contributed by atoms with Gasteiger partial charge in [0.15, 0.2) is 0 Å². The van der Waals surface area contributed by atoms with Crippen LogP contribution < -0.4 is 0 Å². The van der Waals surface area contributed by atoms with Crippen LogP contribution in [-0.4, -0.2) is 24.1 Å². The molecule has 0 atom stereocenters. The number of hydrogen-bond acceptors (Lipinski definition) is 3. The predicted molar refractivity (Wildman–Crippen MR) is 95.2 cm³/mol. The topological polar surface area (TPSA) is 38.8 Å². The summed E-state index contributed by atoms with van der Waals surface area (Å²) >= 11 is 0. The summed E-state index contributed by atoms with van der Waals surface area (Å²) in [6, 6.07) is 9.68. The zero-order valence-electron chi connectivity index (χ0n) is 14.2. The Morgan fingerprint density at radius 3 is 2.75 bits per heavy atom. The van der Waals surface area contributed by atoms with Crippen molar-refractivity contribution in [2.24, 2.45) is 0 Å². The minimum absolute atomic E-state index is 0.262. The maximum Gasteiger partial charge on any atom is 0.414 e. The third-order valence-electron chi connectivity index (χ3n) is 3.71. The highest BCUT2D eigenvalue weighted by Crippen LogP contribution is 2.24. The number of allylic oxidation sites excluding steroid dienone is 3. The molecule has 0 radical (unpaired) electrons. The highest BCUT2D eigenvalue weighted by molar-refractivity contribution is 5.71. The molecule has 128 valence electrons. The van der Waals surface area contributed by atoms with Gasteiger partial charge in [-0.3, -0.25) is 4.90 Å². The van der Waals surface area contributed by atoms with Crippen molar-refractivity contribution in [2.45, 2.75) is 32.8 Å². The van der Waals surface area contributed by atoms with E-state index >= 15 is 0 Å². The lowest BCUT2D eigenvalue weighted by Crippen LogP contribution is -2.32. The van der Waals surface area contributed by atoms with Crippen LogP contribution in [0.4, 0.5) is 4.79 Å². The fraction of sp³-hybridized carbons (Fsp3) is 0.350. The molecule has 1 aromatic carbocycles. The van der Waals surface area contributed by atoms with E-state index in [9.17, 15) is 4.79 Å². The quantitative estimate of drug-likeness (QED) is 0.556. The number of nitrogens with zero attached hydrogens (tertiary/aromatic N) is 1. The number of benzene rings is 1. The molecule has 24 heavy (non-hydrogen) atoms. The molecule has 0 fully saturated rings. The van der Waals surface area contributed by atoms with E-state index in [-0.39, 0.29) is 12.7 Å². The molecule has 1 aliphatic heterocycles. The first kappa shape index (κ1) is 17.9. The highest BCUT2D eigenvalue weighted by Gasteiger charge is 2.24. The molecule has 0 aliphatic carbocycles. The Morgan fingerprint density at radius 1 is 1.25 bits per heavy atom. The molecule has 1 aromatic rings. The molecule has 0 aromatic heterocycles. The Hall–Kier alpha value is -2.49. The van der Waals surface area contributed by atoms with E-state index in [1.54, 1.807) is 17.1 Å². The Bertz CT molecular complexity index is 605. The predicted octanol–water partition coefficient (Wildman–Crippen LogP) is 4.80. The van der Waals surface area contributed by atoms with E-state index in [1.165, 1.54) is 0 Å². The van der Waals surface area contributed by atoms with Crippen LogP contribution in [-0.2, 0) is 16.1 Å². The second-order valence-corrected chi connectivity index (χ2v) is 5.48. The van der Waals surface area contributed by atoms with Gasteiger partial charge in [-0.15, -0.1) is 0 Å². The van der Waals surface area contributed by atoms with Crippen molar-refractivity contribution in [2.75, 3.05) is 13.2 Å². The van der Waals surface area contributed by atoms with Crippen LogP contribution in [0.25, 0.3) is 0 Å². The summed E-state index contributed by atoms with van der Waals surface area (Å²) in [6.45, 7) is 7.07. The monoisotopic (exact) mass is 327 g/mol. The first-order valence-electron chi connectivity index (χ1n) is 8.40. The van der Waals surface area contributed by atoms with E-state index in [1.807, 2.05) is 43.3 Å². The van der Waals surface area contributed by atoms with Gasteiger partial charge in [-0.05, 0) is 37.8 Å². The van der Waals surface area contributed by atoms with Gasteiger partial charge in [0.2, 0.25) is 0 Å². The number of hydrogen-bond donors (Lipinski definition) is 0. The average molecular weight is 327 g/mol. The van der Waals surface area contributed by atoms with Crippen molar-refractivity contribution in [3.63, 3.8) is 0 Å². The highest BCUT2D eigenvalue weighted by atomic mass is 16.6. The van der Waals surface area contributed by atoms with Crippen molar-refractivity contribution in [1.29, 1.82) is 0 Å². The van der Waals surface area contributed by atoms with E-state index in [2.05, 4.69) is 6.58 Å². The summed E-state index contributed by atoms with van der Waals surface area (Å²) in [5.74, 6) is 0.658. The number of amides is 1. The summed E-state index contributed by atoms with van der Waals surface area (Å²) in [5.41, 5.74) is 1.74. The van der Waals surface area contributed by atoms with E-state index < -0.39 is 0 Å². The molecule has 4 heteroatoms. The fourth-order valence-electron chi connectivity index (χ4n) is 2.57. The summed E-state index contributed by atoms with van der Waals surface area (Å²) in [4.78, 5) is 14.3. The van der Waals surface area contributed by atoms with Crippen molar-refractivity contribution < 1.29 is 14.3 Å². The maximum absolute atomic E-state index is 12.6. The number of ether oxygens (including phenoxy) is 2. The third kappa shape index (κ3) is 5.01. The van der Waals surface area contributed by atoms with E-state index in [4.69, 9.17) is 9.47 Å². The van der Waals surface area contributed by atoms with Gasteiger partial charge < -0.3 is 9.47 Å². The van der Waals surface area contributed by atoms with Gasteiger partial charge in [-0.1, -0.05) is 49.1 Å². The molecular formula is C20H25NO3.